The molecule has 0 aromatic carbocycles. The summed E-state index contributed by atoms with van der Waals surface area (Å²) in [5.74, 6) is 2.08. The number of aryl methyl sites for hydroxylation is 1. The maximum absolute atomic E-state index is 11.7. The quantitative estimate of drug-likeness (QED) is 0.783. The van der Waals surface area contributed by atoms with Crippen LogP contribution in [0.15, 0.2) is 24.5 Å². The average molecular weight is 349 g/mol. The van der Waals surface area contributed by atoms with E-state index in [0.29, 0.717) is 18.8 Å². The van der Waals surface area contributed by atoms with Crippen molar-refractivity contribution in [1.29, 1.82) is 0 Å². The van der Waals surface area contributed by atoms with Gasteiger partial charge in [0.1, 0.15) is 5.82 Å². The molecule has 0 aliphatic carbocycles. The molecule has 1 aliphatic rings. The van der Waals surface area contributed by atoms with Crippen LogP contribution in [-0.2, 0) is 22.9 Å². The lowest BCUT2D eigenvalue weighted by Gasteiger charge is -2.22. The molecule has 1 unspecified atom stereocenters. The van der Waals surface area contributed by atoms with Crippen LogP contribution in [0.25, 0.3) is 11.4 Å². The van der Waals surface area contributed by atoms with Gasteiger partial charge in [0.05, 0.1) is 18.1 Å². The lowest BCUT2D eigenvalue weighted by Crippen LogP contribution is -2.33. The van der Waals surface area contributed by atoms with Gasteiger partial charge in [-0.05, 0) is 32.0 Å². The van der Waals surface area contributed by atoms with E-state index in [0.717, 1.165) is 24.4 Å². The van der Waals surface area contributed by atoms with E-state index in [1.165, 1.54) is 0 Å². The first-order valence-corrected chi connectivity index (χ1v) is 10.1. The number of hydrogen-bond donors (Lipinski definition) is 0. The molecular weight excluding hydrogens is 326 g/mol. The molecule has 2 aromatic heterocycles. The molecule has 1 aliphatic heterocycles. The minimum absolute atomic E-state index is 0.0613. The Bertz CT molecular complexity index is 788. The van der Waals surface area contributed by atoms with Gasteiger partial charge in [0.15, 0.2) is 15.7 Å². The molecule has 1 saturated heterocycles. The van der Waals surface area contributed by atoms with E-state index in [1.54, 1.807) is 12.4 Å². The van der Waals surface area contributed by atoms with Crippen molar-refractivity contribution in [2.75, 3.05) is 18.6 Å². The second-order valence-electron chi connectivity index (χ2n) is 6.28. The maximum atomic E-state index is 11.7. The Morgan fingerprint density at radius 2 is 2.08 bits per heavy atom. The van der Waals surface area contributed by atoms with Gasteiger partial charge < -0.3 is 0 Å². The molecule has 0 amide bonds. The number of aromatic nitrogens is 4. The van der Waals surface area contributed by atoms with Crippen LogP contribution < -0.4 is 0 Å². The van der Waals surface area contributed by atoms with Gasteiger partial charge in [-0.3, -0.25) is 9.88 Å². The maximum Gasteiger partial charge on any atom is 0.181 e. The van der Waals surface area contributed by atoms with Gasteiger partial charge in [0.2, 0.25) is 0 Å². The minimum Gasteiger partial charge on any atom is -0.295 e. The van der Waals surface area contributed by atoms with Gasteiger partial charge in [0, 0.05) is 30.5 Å². The Morgan fingerprint density at radius 3 is 2.71 bits per heavy atom. The highest BCUT2D eigenvalue weighted by molar-refractivity contribution is 7.91. The summed E-state index contributed by atoms with van der Waals surface area (Å²) < 4.78 is 25.3. The first-order chi connectivity index (χ1) is 11.5. The molecule has 24 heavy (non-hydrogen) atoms. The van der Waals surface area contributed by atoms with E-state index in [-0.39, 0.29) is 17.5 Å². The molecule has 0 spiro atoms. The molecule has 2 aromatic rings. The van der Waals surface area contributed by atoms with Crippen LogP contribution in [0.3, 0.4) is 0 Å². The number of rotatable bonds is 6. The number of hydrogen-bond acceptors (Lipinski definition) is 6. The van der Waals surface area contributed by atoms with Crippen molar-refractivity contribution < 1.29 is 8.42 Å². The van der Waals surface area contributed by atoms with Crippen LogP contribution in [0, 0.1) is 0 Å². The highest BCUT2D eigenvalue weighted by Crippen LogP contribution is 2.20. The second kappa shape index (κ2) is 6.98. The van der Waals surface area contributed by atoms with E-state index in [4.69, 9.17) is 0 Å². The molecule has 7 nitrogen and oxygen atoms in total. The van der Waals surface area contributed by atoms with Gasteiger partial charge in [-0.25, -0.2) is 18.1 Å². The van der Waals surface area contributed by atoms with Gasteiger partial charge in [-0.1, -0.05) is 6.92 Å². The van der Waals surface area contributed by atoms with E-state index in [9.17, 15) is 8.42 Å². The fourth-order valence-electron chi connectivity index (χ4n) is 2.98. The Morgan fingerprint density at radius 1 is 1.33 bits per heavy atom. The largest absolute Gasteiger partial charge is 0.295 e. The highest BCUT2D eigenvalue weighted by atomic mass is 32.2. The smallest absolute Gasteiger partial charge is 0.181 e. The molecule has 3 rings (SSSR count). The molecule has 0 radical (unpaired) electrons. The molecule has 0 bridgehead atoms. The van der Waals surface area contributed by atoms with Crippen LogP contribution in [0.4, 0.5) is 0 Å². The van der Waals surface area contributed by atoms with Crippen molar-refractivity contribution in [3.8, 4) is 11.4 Å². The van der Waals surface area contributed by atoms with E-state index in [1.807, 2.05) is 23.9 Å². The number of pyridine rings is 1. The zero-order valence-corrected chi connectivity index (χ0v) is 14.9. The zero-order chi connectivity index (χ0) is 17.2. The van der Waals surface area contributed by atoms with E-state index in [2.05, 4.69) is 26.9 Å². The summed E-state index contributed by atoms with van der Waals surface area (Å²) in [6.45, 7) is 3.49. The Hall–Kier alpha value is -1.80. The van der Waals surface area contributed by atoms with Crippen molar-refractivity contribution in [2.45, 2.75) is 38.9 Å². The Kier molecular flexibility index (Phi) is 4.96. The summed E-state index contributed by atoms with van der Waals surface area (Å²) in [4.78, 5) is 10.8. The number of sulfone groups is 1. The van der Waals surface area contributed by atoms with Crippen molar-refractivity contribution in [3.05, 3.63) is 30.4 Å². The molecule has 8 heteroatoms. The van der Waals surface area contributed by atoms with Crippen LogP contribution in [0.5, 0.6) is 0 Å². The van der Waals surface area contributed by atoms with Crippen LogP contribution in [-0.4, -0.2) is 57.7 Å². The monoisotopic (exact) mass is 349 g/mol. The van der Waals surface area contributed by atoms with Crippen LogP contribution in [0.2, 0.25) is 0 Å². The summed E-state index contributed by atoms with van der Waals surface area (Å²) in [7, 11) is -0.921. The minimum atomic E-state index is -2.88. The molecule has 0 saturated carbocycles. The lowest BCUT2D eigenvalue weighted by atomic mass is 10.2. The second-order valence-corrected chi connectivity index (χ2v) is 8.51. The predicted octanol–water partition coefficient (Wildman–Crippen LogP) is 1.37. The van der Waals surface area contributed by atoms with Gasteiger partial charge >= 0.3 is 0 Å². The summed E-state index contributed by atoms with van der Waals surface area (Å²) in [6.07, 6.45) is 5.11. The fraction of sp³-hybridized carbons (Fsp3) is 0.562. The Balaban J connectivity index is 1.80. The summed E-state index contributed by atoms with van der Waals surface area (Å²) in [6, 6.07) is 3.84. The summed E-state index contributed by atoms with van der Waals surface area (Å²) >= 11 is 0. The van der Waals surface area contributed by atoms with Crippen molar-refractivity contribution in [2.24, 2.45) is 0 Å². The van der Waals surface area contributed by atoms with Crippen LogP contribution in [0.1, 0.15) is 25.6 Å². The Labute approximate surface area is 142 Å². The van der Waals surface area contributed by atoms with Gasteiger partial charge in [-0.15, -0.1) is 0 Å². The standard InChI is InChI=1S/C16H23N5O2S/c1-3-9-21-15(11-20(2)14-6-10-24(22,23)12-14)18-16(19-21)13-4-7-17-8-5-13/h4-5,7-8,14H,3,6,9-12H2,1-2H3. The third kappa shape index (κ3) is 3.81. The van der Waals surface area contributed by atoms with E-state index < -0.39 is 9.84 Å². The van der Waals surface area contributed by atoms with Crippen molar-refractivity contribution in [1.82, 2.24) is 24.6 Å². The first-order valence-electron chi connectivity index (χ1n) is 8.23. The van der Waals surface area contributed by atoms with Crippen LogP contribution >= 0.6 is 0 Å². The van der Waals surface area contributed by atoms with Crippen molar-refractivity contribution >= 4 is 9.84 Å². The summed E-state index contributed by atoms with van der Waals surface area (Å²) in [5, 5.41) is 4.61. The lowest BCUT2D eigenvalue weighted by molar-refractivity contribution is 0.242. The summed E-state index contributed by atoms with van der Waals surface area (Å²) in [5.41, 5.74) is 0.937. The molecule has 0 N–H and O–H groups in total. The first kappa shape index (κ1) is 17.0. The zero-order valence-electron chi connectivity index (χ0n) is 14.1. The molecule has 130 valence electrons. The molecule has 1 atom stereocenters. The number of nitrogens with zero attached hydrogens (tertiary/aromatic N) is 5. The SMILES string of the molecule is CCCn1nc(-c2ccncc2)nc1CN(C)C1CCS(=O)(=O)C1. The molecule has 1 fully saturated rings. The normalized spacial score (nSPS) is 19.9. The predicted molar refractivity (Wildman–Crippen MR) is 92.1 cm³/mol. The van der Waals surface area contributed by atoms with Gasteiger partial charge in [0.25, 0.3) is 0 Å². The fourth-order valence-corrected chi connectivity index (χ4v) is 4.79. The molecular formula is C16H23N5O2S. The highest BCUT2D eigenvalue weighted by Gasteiger charge is 2.31. The van der Waals surface area contributed by atoms with E-state index >= 15 is 0 Å². The third-order valence-corrected chi connectivity index (χ3v) is 6.10. The average Bonchev–Trinajstić information content (AvgIpc) is 3.12. The topological polar surface area (TPSA) is 81.0 Å². The van der Waals surface area contributed by atoms with Gasteiger partial charge in [-0.2, -0.15) is 5.10 Å². The third-order valence-electron chi connectivity index (χ3n) is 4.34. The molecule has 3 heterocycles. The van der Waals surface area contributed by atoms with Crippen molar-refractivity contribution in [3.63, 3.8) is 0 Å².